The number of hydrogen-bond donors (Lipinski definition) is 1. The van der Waals surface area contributed by atoms with Crippen LogP contribution < -0.4 is 4.90 Å². The van der Waals surface area contributed by atoms with Gasteiger partial charge in [0.25, 0.3) is 5.91 Å². The maximum Gasteiger partial charge on any atom is 0.251 e. The molecule has 0 saturated carbocycles. The van der Waals surface area contributed by atoms with E-state index >= 15 is 0 Å². The standard InChI is InChI=1S/C35H35N3O4S/c1-23(22-39)38-30-33(42)37(27-15-14-25-12-6-7-13-26(25)20-27)19-9-17-35(30)29(32(38)41)28-31(40)36(18-8-16-34(28,2)43-35)21-24-10-4-3-5-11-24/h3-17,20,23,28-30,39H,18-19,21-22H2,1-2H3/t23-,28+,29+,30?,34-,35+/m1/s1. The number of carbonyl (C=O) groups excluding carboxylic acids is 3. The summed E-state index contributed by atoms with van der Waals surface area (Å²) in [6, 6.07) is 22.4. The summed E-state index contributed by atoms with van der Waals surface area (Å²) in [5.41, 5.74) is 1.78. The Hall–Kier alpha value is -3.88. The number of thioether (sulfide) groups is 1. The van der Waals surface area contributed by atoms with Gasteiger partial charge in [-0.25, -0.2) is 0 Å². The molecule has 0 bridgehead atoms. The Bertz CT molecular complexity index is 1670. The van der Waals surface area contributed by atoms with Gasteiger partial charge < -0.3 is 19.8 Å². The van der Waals surface area contributed by atoms with Crippen molar-refractivity contribution in [2.24, 2.45) is 11.8 Å². The molecule has 3 amide bonds. The molecule has 0 radical (unpaired) electrons. The first-order chi connectivity index (χ1) is 20.8. The summed E-state index contributed by atoms with van der Waals surface area (Å²) in [7, 11) is 0. The number of likely N-dealkylation sites (tertiary alicyclic amines) is 1. The molecule has 3 aromatic rings. The average molecular weight is 594 g/mol. The number of nitrogens with zero attached hydrogens (tertiary/aromatic N) is 3. The van der Waals surface area contributed by atoms with E-state index in [1.807, 2.05) is 103 Å². The predicted octanol–water partition coefficient (Wildman–Crippen LogP) is 4.41. The number of aliphatic hydroxyl groups excluding tert-OH is 1. The quantitative estimate of drug-likeness (QED) is 0.444. The van der Waals surface area contributed by atoms with Gasteiger partial charge in [0.05, 0.1) is 29.2 Å². The third-order valence-electron chi connectivity index (χ3n) is 9.58. The smallest absolute Gasteiger partial charge is 0.251 e. The topological polar surface area (TPSA) is 81.2 Å². The van der Waals surface area contributed by atoms with Gasteiger partial charge in [-0.2, -0.15) is 0 Å². The molecule has 7 nitrogen and oxygen atoms in total. The second-order valence-electron chi connectivity index (χ2n) is 12.3. The van der Waals surface area contributed by atoms with Crippen LogP contribution >= 0.6 is 11.8 Å². The zero-order valence-corrected chi connectivity index (χ0v) is 25.1. The van der Waals surface area contributed by atoms with Crippen LogP contribution in [0, 0.1) is 11.8 Å². The zero-order valence-electron chi connectivity index (χ0n) is 24.3. The second-order valence-corrected chi connectivity index (χ2v) is 14.1. The lowest BCUT2D eigenvalue weighted by Crippen LogP contribution is -2.56. The van der Waals surface area contributed by atoms with E-state index in [1.165, 1.54) is 0 Å². The van der Waals surface area contributed by atoms with Crippen LogP contribution in [-0.4, -0.2) is 73.9 Å². The molecule has 4 aliphatic rings. The monoisotopic (exact) mass is 593 g/mol. The Morgan fingerprint density at radius 2 is 1.58 bits per heavy atom. The molecule has 1 unspecified atom stereocenters. The third kappa shape index (κ3) is 4.25. The summed E-state index contributed by atoms with van der Waals surface area (Å²) < 4.78 is -1.64. The lowest BCUT2D eigenvalue weighted by molar-refractivity contribution is -0.145. The van der Waals surface area contributed by atoms with Gasteiger partial charge in [0, 0.05) is 30.1 Å². The third-order valence-corrected chi connectivity index (χ3v) is 11.4. The Labute approximate surface area is 255 Å². The molecule has 4 heterocycles. The SMILES string of the molecule is C[C@H](CO)N1C(=O)[C@@H]2[C@H]3C(=O)N(Cc4ccccc4)CC=C[C@@]3(C)S[C@@]23C=CCN(c2ccc4ccccc4c2)C(=O)C13. The molecule has 2 saturated heterocycles. The van der Waals surface area contributed by atoms with Crippen molar-refractivity contribution in [2.75, 3.05) is 24.6 Å². The highest BCUT2D eigenvalue weighted by Crippen LogP contribution is 2.66. The molecule has 7 rings (SSSR count). The fourth-order valence-corrected chi connectivity index (χ4v) is 9.74. The Morgan fingerprint density at radius 3 is 2.35 bits per heavy atom. The van der Waals surface area contributed by atoms with Crippen LogP contribution in [0.25, 0.3) is 10.8 Å². The molecule has 1 spiro atoms. The molecular formula is C35H35N3O4S. The highest BCUT2D eigenvalue weighted by atomic mass is 32.2. The summed E-state index contributed by atoms with van der Waals surface area (Å²) >= 11 is 1.56. The molecule has 2 fully saturated rings. The Morgan fingerprint density at radius 1 is 0.860 bits per heavy atom. The van der Waals surface area contributed by atoms with E-state index in [0.717, 1.165) is 22.0 Å². The molecule has 0 aliphatic carbocycles. The second kappa shape index (κ2) is 10.4. The largest absolute Gasteiger partial charge is 0.394 e. The van der Waals surface area contributed by atoms with Gasteiger partial charge in [0.2, 0.25) is 11.8 Å². The van der Waals surface area contributed by atoms with Gasteiger partial charge in [0.15, 0.2) is 0 Å². The first kappa shape index (κ1) is 27.9. The highest BCUT2D eigenvalue weighted by Gasteiger charge is 2.74. The first-order valence-corrected chi connectivity index (χ1v) is 15.7. The van der Waals surface area contributed by atoms with E-state index < -0.39 is 33.4 Å². The van der Waals surface area contributed by atoms with Crippen molar-refractivity contribution in [2.45, 2.75) is 42.0 Å². The number of hydrogen-bond acceptors (Lipinski definition) is 5. The molecule has 6 atom stereocenters. The maximum absolute atomic E-state index is 14.7. The fraction of sp³-hybridized carbons (Fsp3) is 0.343. The minimum atomic E-state index is -0.960. The van der Waals surface area contributed by atoms with Crippen molar-refractivity contribution in [1.29, 1.82) is 0 Å². The molecule has 1 N–H and O–H groups in total. The number of aliphatic hydroxyl groups is 1. The van der Waals surface area contributed by atoms with Crippen molar-refractivity contribution in [1.82, 2.24) is 9.80 Å². The van der Waals surface area contributed by atoms with Gasteiger partial charge in [-0.1, -0.05) is 85.0 Å². The molecule has 43 heavy (non-hydrogen) atoms. The van der Waals surface area contributed by atoms with Crippen LogP contribution in [0.1, 0.15) is 19.4 Å². The molecule has 4 aliphatic heterocycles. The van der Waals surface area contributed by atoms with E-state index in [0.29, 0.717) is 19.6 Å². The Balaban J connectivity index is 1.32. The van der Waals surface area contributed by atoms with Crippen LogP contribution in [0.4, 0.5) is 5.69 Å². The lowest BCUT2D eigenvalue weighted by atomic mass is 9.74. The number of carbonyl (C=O) groups is 3. The number of rotatable bonds is 5. The summed E-state index contributed by atoms with van der Waals surface area (Å²) in [6.07, 6.45) is 8.12. The minimum Gasteiger partial charge on any atom is -0.394 e. The number of benzene rings is 3. The fourth-order valence-electron chi connectivity index (χ4n) is 7.60. The van der Waals surface area contributed by atoms with Crippen molar-refractivity contribution in [3.63, 3.8) is 0 Å². The van der Waals surface area contributed by atoms with Gasteiger partial charge in [-0.15, -0.1) is 11.8 Å². The summed E-state index contributed by atoms with van der Waals surface area (Å²) in [5, 5.41) is 12.4. The van der Waals surface area contributed by atoms with Crippen molar-refractivity contribution in [3.05, 3.63) is 103 Å². The van der Waals surface area contributed by atoms with Crippen LogP contribution in [0.2, 0.25) is 0 Å². The van der Waals surface area contributed by atoms with Crippen LogP contribution in [-0.2, 0) is 20.9 Å². The summed E-state index contributed by atoms with van der Waals surface area (Å²) in [6.45, 7) is 4.78. The summed E-state index contributed by atoms with van der Waals surface area (Å²) in [4.78, 5) is 48.9. The van der Waals surface area contributed by atoms with E-state index in [2.05, 4.69) is 6.08 Å². The number of amides is 3. The summed E-state index contributed by atoms with van der Waals surface area (Å²) in [5.74, 6) is -1.91. The molecule has 220 valence electrons. The van der Waals surface area contributed by atoms with Crippen molar-refractivity contribution >= 4 is 45.9 Å². The predicted molar refractivity (Wildman–Crippen MR) is 169 cm³/mol. The average Bonchev–Trinajstić information content (AvgIpc) is 3.30. The normalized spacial score (nSPS) is 30.7. The highest BCUT2D eigenvalue weighted by molar-refractivity contribution is 8.02. The molecule has 3 aromatic carbocycles. The van der Waals surface area contributed by atoms with Gasteiger partial charge >= 0.3 is 0 Å². The molecule has 8 heteroatoms. The van der Waals surface area contributed by atoms with Crippen molar-refractivity contribution in [3.8, 4) is 0 Å². The van der Waals surface area contributed by atoms with E-state index in [9.17, 15) is 19.5 Å². The Kier molecular flexibility index (Phi) is 6.74. The number of anilines is 1. The maximum atomic E-state index is 14.7. The van der Waals surface area contributed by atoms with Gasteiger partial charge in [-0.05, 0) is 42.3 Å². The van der Waals surface area contributed by atoms with Crippen LogP contribution in [0.3, 0.4) is 0 Å². The van der Waals surface area contributed by atoms with E-state index in [-0.39, 0.29) is 24.3 Å². The first-order valence-electron chi connectivity index (χ1n) is 14.9. The zero-order chi connectivity index (χ0) is 29.9. The van der Waals surface area contributed by atoms with Crippen molar-refractivity contribution < 1.29 is 19.5 Å². The van der Waals surface area contributed by atoms with Crippen LogP contribution in [0.15, 0.2) is 97.1 Å². The van der Waals surface area contributed by atoms with Gasteiger partial charge in [0.1, 0.15) is 6.04 Å². The van der Waals surface area contributed by atoms with Gasteiger partial charge in [-0.3, -0.25) is 14.4 Å². The van der Waals surface area contributed by atoms with E-state index in [4.69, 9.17) is 0 Å². The molecular weight excluding hydrogens is 558 g/mol. The number of fused-ring (bicyclic) bond motifs is 3. The lowest BCUT2D eigenvalue weighted by Gasteiger charge is -2.38. The molecule has 0 aromatic heterocycles. The minimum absolute atomic E-state index is 0.0761. The van der Waals surface area contributed by atoms with E-state index in [1.54, 1.807) is 28.5 Å². The van der Waals surface area contributed by atoms with Crippen LogP contribution in [0.5, 0.6) is 0 Å².